The molecule has 5 heteroatoms. The molecule has 1 amide bonds. The van der Waals surface area contributed by atoms with Crippen LogP contribution in [0.3, 0.4) is 0 Å². The zero-order valence-corrected chi connectivity index (χ0v) is 16.8. The first kappa shape index (κ1) is 18.4. The maximum atomic E-state index is 12.9. The van der Waals surface area contributed by atoms with Crippen LogP contribution in [0.4, 0.5) is 0 Å². The molecule has 0 heterocycles. The van der Waals surface area contributed by atoms with Crippen molar-refractivity contribution in [3.05, 3.63) is 69.2 Å². The number of halogens is 2. The summed E-state index contributed by atoms with van der Waals surface area (Å²) in [5.74, 6) is 0.101. The van der Waals surface area contributed by atoms with E-state index in [1.165, 1.54) is 0 Å². The Hall–Kier alpha value is -1.36. The van der Waals surface area contributed by atoms with Gasteiger partial charge in [0.1, 0.15) is 0 Å². The smallest absolute Gasteiger partial charge is 0.230 e. The number of nitrogens with one attached hydrogen (secondary N) is 1. The monoisotopic (exact) mass is 420 g/mol. The minimum atomic E-state index is -0.374. The molecule has 2 aromatic rings. The van der Waals surface area contributed by atoms with Gasteiger partial charge in [0.25, 0.3) is 0 Å². The van der Waals surface area contributed by atoms with Crippen LogP contribution in [0.1, 0.15) is 30.0 Å². The molecule has 0 spiro atoms. The van der Waals surface area contributed by atoms with Gasteiger partial charge in [-0.25, -0.2) is 0 Å². The number of carbonyl (C=O) groups is 1. The van der Waals surface area contributed by atoms with Crippen molar-refractivity contribution in [3.8, 4) is 0 Å². The zero-order valence-electron chi connectivity index (χ0n) is 14.4. The van der Waals surface area contributed by atoms with Crippen molar-refractivity contribution in [2.45, 2.75) is 24.3 Å². The highest BCUT2D eigenvalue weighted by Crippen LogP contribution is 2.49. The van der Waals surface area contributed by atoms with E-state index in [-0.39, 0.29) is 17.4 Å². The van der Waals surface area contributed by atoms with Gasteiger partial charge in [0.05, 0.1) is 11.5 Å². The average molecular weight is 422 g/mol. The molecule has 1 N–H and O–H groups in total. The summed E-state index contributed by atoms with van der Waals surface area (Å²) >= 11 is 9.85. The predicted octanol–water partition coefficient (Wildman–Crippen LogP) is 4.55. The van der Waals surface area contributed by atoms with Crippen molar-refractivity contribution in [3.63, 3.8) is 0 Å². The van der Waals surface area contributed by atoms with Gasteiger partial charge >= 0.3 is 0 Å². The third-order valence-electron chi connectivity index (χ3n) is 4.91. The van der Waals surface area contributed by atoms with E-state index in [1.54, 1.807) is 0 Å². The van der Waals surface area contributed by atoms with Gasteiger partial charge < -0.3 is 10.2 Å². The Kier molecular flexibility index (Phi) is 5.52. The van der Waals surface area contributed by atoms with Gasteiger partial charge in [0.2, 0.25) is 5.91 Å². The molecule has 1 saturated carbocycles. The fourth-order valence-corrected chi connectivity index (χ4v) is 3.89. The number of carbonyl (C=O) groups excluding carboxylic acids is 1. The van der Waals surface area contributed by atoms with Crippen molar-refractivity contribution < 1.29 is 4.79 Å². The van der Waals surface area contributed by atoms with Gasteiger partial charge in [-0.1, -0.05) is 57.9 Å². The SMILES string of the molecule is CN(C)C(CNC(=O)C1(c2cccc(Br)c2)CC1)c1ccccc1Cl. The van der Waals surface area contributed by atoms with Gasteiger partial charge in [-0.15, -0.1) is 0 Å². The lowest BCUT2D eigenvalue weighted by atomic mass is 9.94. The Morgan fingerprint density at radius 2 is 1.96 bits per heavy atom. The molecule has 0 bridgehead atoms. The molecular formula is C20H22BrClN2O. The molecule has 1 atom stereocenters. The summed E-state index contributed by atoms with van der Waals surface area (Å²) in [6, 6.07) is 15.9. The topological polar surface area (TPSA) is 32.3 Å². The predicted molar refractivity (Wildman–Crippen MR) is 106 cm³/mol. The summed E-state index contributed by atoms with van der Waals surface area (Å²) in [4.78, 5) is 15.0. The lowest BCUT2D eigenvalue weighted by Crippen LogP contribution is -2.40. The Morgan fingerprint density at radius 3 is 2.56 bits per heavy atom. The van der Waals surface area contributed by atoms with Gasteiger partial charge in [0.15, 0.2) is 0 Å². The van der Waals surface area contributed by atoms with Crippen LogP contribution >= 0.6 is 27.5 Å². The maximum absolute atomic E-state index is 12.9. The molecule has 3 nitrogen and oxygen atoms in total. The summed E-state index contributed by atoms with van der Waals surface area (Å²) in [7, 11) is 4.00. The molecule has 1 unspecified atom stereocenters. The van der Waals surface area contributed by atoms with Crippen molar-refractivity contribution in [2.75, 3.05) is 20.6 Å². The molecule has 0 aromatic heterocycles. The molecular weight excluding hydrogens is 400 g/mol. The van der Waals surface area contributed by atoms with Gasteiger partial charge in [-0.05, 0) is 56.3 Å². The number of rotatable bonds is 6. The minimum Gasteiger partial charge on any atom is -0.353 e. The van der Waals surface area contributed by atoms with Crippen LogP contribution < -0.4 is 5.32 Å². The maximum Gasteiger partial charge on any atom is 0.230 e. The number of hydrogen-bond acceptors (Lipinski definition) is 2. The molecule has 1 fully saturated rings. The van der Waals surface area contributed by atoms with E-state index in [0.717, 1.165) is 33.5 Å². The molecule has 25 heavy (non-hydrogen) atoms. The Balaban J connectivity index is 1.73. The van der Waals surface area contributed by atoms with E-state index in [0.29, 0.717) is 6.54 Å². The molecule has 132 valence electrons. The highest BCUT2D eigenvalue weighted by Gasteiger charge is 2.51. The number of benzene rings is 2. The molecule has 0 radical (unpaired) electrons. The van der Waals surface area contributed by atoms with Crippen LogP contribution in [-0.4, -0.2) is 31.4 Å². The van der Waals surface area contributed by atoms with Crippen LogP contribution in [0.2, 0.25) is 5.02 Å². The quantitative estimate of drug-likeness (QED) is 0.742. The number of nitrogens with zero attached hydrogens (tertiary/aromatic N) is 1. The summed E-state index contributed by atoms with van der Waals surface area (Å²) in [5, 5.41) is 3.88. The number of amides is 1. The lowest BCUT2D eigenvalue weighted by Gasteiger charge is -2.27. The van der Waals surface area contributed by atoms with Crippen LogP contribution in [0.25, 0.3) is 0 Å². The Bertz CT molecular complexity index is 774. The standard InChI is InChI=1S/C20H22BrClN2O/c1-24(2)18(16-8-3-4-9-17(16)22)13-23-19(25)20(10-11-20)14-6-5-7-15(21)12-14/h3-9,12,18H,10-11,13H2,1-2H3,(H,23,25). The summed E-state index contributed by atoms with van der Waals surface area (Å²) in [5.41, 5.74) is 1.74. The highest BCUT2D eigenvalue weighted by atomic mass is 79.9. The highest BCUT2D eigenvalue weighted by molar-refractivity contribution is 9.10. The van der Waals surface area contributed by atoms with Crippen LogP contribution in [-0.2, 0) is 10.2 Å². The Morgan fingerprint density at radius 1 is 1.24 bits per heavy atom. The first-order valence-electron chi connectivity index (χ1n) is 8.39. The largest absolute Gasteiger partial charge is 0.353 e. The van der Waals surface area contributed by atoms with Crippen molar-refractivity contribution in [1.82, 2.24) is 10.2 Å². The average Bonchev–Trinajstić information content (AvgIpc) is 3.38. The lowest BCUT2D eigenvalue weighted by molar-refractivity contribution is -0.123. The van der Waals surface area contributed by atoms with E-state index in [4.69, 9.17) is 11.6 Å². The fraction of sp³-hybridized carbons (Fsp3) is 0.350. The van der Waals surface area contributed by atoms with Crippen LogP contribution in [0.5, 0.6) is 0 Å². The summed E-state index contributed by atoms with van der Waals surface area (Å²) < 4.78 is 1.01. The molecule has 1 aliphatic carbocycles. The van der Waals surface area contributed by atoms with Crippen LogP contribution in [0, 0.1) is 0 Å². The van der Waals surface area contributed by atoms with Gasteiger partial charge in [-0.2, -0.15) is 0 Å². The summed E-state index contributed by atoms with van der Waals surface area (Å²) in [6.45, 7) is 0.533. The van der Waals surface area contributed by atoms with Crippen molar-refractivity contribution in [1.29, 1.82) is 0 Å². The zero-order chi connectivity index (χ0) is 18.0. The molecule has 1 aliphatic rings. The van der Waals surface area contributed by atoms with E-state index in [1.807, 2.05) is 62.6 Å². The van der Waals surface area contributed by atoms with Gasteiger partial charge in [0, 0.05) is 16.0 Å². The van der Waals surface area contributed by atoms with E-state index in [2.05, 4.69) is 26.1 Å². The molecule has 0 aliphatic heterocycles. The van der Waals surface area contributed by atoms with E-state index >= 15 is 0 Å². The molecule has 3 rings (SSSR count). The second-order valence-electron chi connectivity index (χ2n) is 6.80. The number of hydrogen-bond donors (Lipinski definition) is 1. The first-order chi connectivity index (χ1) is 11.9. The minimum absolute atomic E-state index is 0.0379. The second kappa shape index (κ2) is 7.48. The first-order valence-corrected chi connectivity index (χ1v) is 9.56. The van der Waals surface area contributed by atoms with Gasteiger partial charge in [-0.3, -0.25) is 4.79 Å². The van der Waals surface area contributed by atoms with Crippen molar-refractivity contribution in [2.24, 2.45) is 0 Å². The second-order valence-corrected chi connectivity index (χ2v) is 8.13. The van der Waals surface area contributed by atoms with E-state index < -0.39 is 0 Å². The third-order valence-corrected chi connectivity index (χ3v) is 5.74. The molecule has 2 aromatic carbocycles. The number of likely N-dealkylation sites (N-methyl/N-ethyl adjacent to an activating group) is 1. The Labute approximate surface area is 162 Å². The van der Waals surface area contributed by atoms with E-state index in [9.17, 15) is 4.79 Å². The third kappa shape index (κ3) is 3.91. The van der Waals surface area contributed by atoms with Crippen LogP contribution in [0.15, 0.2) is 53.0 Å². The summed E-state index contributed by atoms with van der Waals surface area (Å²) in [6.07, 6.45) is 1.79. The fourth-order valence-electron chi connectivity index (χ4n) is 3.23. The molecule has 0 saturated heterocycles. The normalized spacial score (nSPS) is 16.5. The van der Waals surface area contributed by atoms with Crippen molar-refractivity contribution >= 4 is 33.4 Å².